The van der Waals surface area contributed by atoms with E-state index in [9.17, 15) is 9.59 Å². The summed E-state index contributed by atoms with van der Waals surface area (Å²) in [7, 11) is 1.28. The van der Waals surface area contributed by atoms with Gasteiger partial charge in [0.1, 0.15) is 11.6 Å². The van der Waals surface area contributed by atoms with Crippen molar-refractivity contribution in [1.29, 1.82) is 0 Å². The Morgan fingerprint density at radius 1 is 1.33 bits per heavy atom. The second-order valence-corrected chi connectivity index (χ2v) is 4.13. The molecule has 5 nitrogen and oxygen atoms in total. The number of hydrogen-bond acceptors (Lipinski definition) is 4. The molecule has 1 N–H and O–H groups in total. The van der Waals surface area contributed by atoms with Gasteiger partial charge in [-0.25, -0.2) is 9.59 Å². The van der Waals surface area contributed by atoms with Crippen LogP contribution < -0.4 is 5.32 Å². The summed E-state index contributed by atoms with van der Waals surface area (Å²) in [6.07, 6.45) is -0.147. The molecule has 0 aliphatic rings. The lowest BCUT2D eigenvalue weighted by Gasteiger charge is -2.21. The van der Waals surface area contributed by atoms with E-state index in [0.717, 1.165) is 0 Å². The lowest BCUT2D eigenvalue weighted by molar-refractivity contribution is -0.143. The van der Waals surface area contributed by atoms with Crippen molar-refractivity contribution in [3.8, 4) is 0 Å². The summed E-state index contributed by atoms with van der Waals surface area (Å²) in [5.74, 6) is -0.469. The molecule has 0 spiro atoms. The number of hydrogen-bond donors (Lipinski definition) is 1. The Morgan fingerprint density at radius 3 is 2.20 bits per heavy atom. The van der Waals surface area contributed by atoms with Crippen LogP contribution in [0.15, 0.2) is 0 Å². The number of esters is 1. The molecule has 88 valence electrons. The summed E-state index contributed by atoms with van der Waals surface area (Å²) in [5.41, 5.74) is -0.571. The molecule has 0 heterocycles. The zero-order valence-electron chi connectivity index (χ0n) is 9.92. The molecule has 0 fully saturated rings. The number of alkyl carbamates (subject to hydrolysis) is 1. The molecule has 0 aliphatic heterocycles. The minimum Gasteiger partial charge on any atom is -0.467 e. The highest BCUT2D eigenvalue weighted by Crippen LogP contribution is 2.07. The molecular formula is C10H19NO4. The predicted octanol–water partition coefficient (Wildman–Crippen LogP) is 1.46. The van der Waals surface area contributed by atoms with E-state index in [2.05, 4.69) is 10.1 Å². The molecule has 0 radical (unpaired) electrons. The third-order valence-electron chi connectivity index (χ3n) is 1.58. The number of carbonyl (C=O) groups excluding carboxylic acids is 2. The van der Waals surface area contributed by atoms with Crippen molar-refractivity contribution < 1.29 is 19.1 Å². The van der Waals surface area contributed by atoms with Crippen LogP contribution in [0.4, 0.5) is 4.79 Å². The van der Waals surface area contributed by atoms with Crippen molar-refractivity contribution in [3.05, 3.63) is 0 Å². The molecule has 0 saturated heterocycles. The van der Waals surface area contributed by atoms with Gasteiger partial charge < -0.3 is 14.8 Å². The van der Waals surface area contributed by atoms with Gasteiger partial charge in [-0.05, 0) is 27.2 Å². The average Bonchev–Trinajstić information content (AvgIpc) is 2.10. The quantitative estimate of drug-likeness (QED) is 0.727. The predicted molar refractivity (Wildman–Crippen MR) is 55.5 cm³/mol. The van der Waals surface area contributed by atoms with Crippen LogP contribution in [-0.2, 0) is 14.3 Å². The van der Waals surface area contributed by atoms with E-state index < -0.39 is 23.7 Å². The van der Waals surface area contributed by atoms with E-state index in [1.165, 1.54) is 7.11 Å². The van der Waals surface area contributed by atoms with Gasteiger partial charge in [0.15, 0.2) is 0 Å². The molecule has 1 amide bonds. The summed E-state index contributed by atoms with van der Waals surface area (Å²) in [5, 5.41) is 2.44. The van der Waals surface area contributed by atoms with Gasteiger partial charge in [0.2, 0.25) is 0 Å². The molecule has 1 unspecified atom stereocenters. The van der Waals surface area contributed by atoms with Crippen molar-refractivity contribution in [2.75, 3.05) is 7.11 Å². The van der Waals surface area contributed by atoms with Crippen molar-refractivity contribution in [3.63, 3.8) is 0 Å². The van der Waals surface area contributed by atoms with Crippen LogP contribution in [0.3, 0.4) is 0 Å². The van der Waals surface area contributed by atoms with Crippen molar-refractivity contribution in [1.82, 2.24) is 5.32 Å². The average molecular weight is 217 g/mol. The highest BCUT2D eigenvalue weighted by atomic mass is 16.6. The second kappa shape index (κ2) is 5.58. The van der Waals surface area contributed by atoms with Gasteiger partial charge in [0.05, 0.1) is 7.11 Å². The number of methoxy groups -OCH3 is 1. The molecule has 0 saturated carbocycles. The van der Waals surface area contributed by atoms with Crippen LogP contribution in [0.5, 0.6) is 0 Å². The van der Waals surface area contributed by atoms with Gasteiger partial charge in [-0.15, -0.1) is 0 Å². The first kappa shape index (κ1) is 13.7. The highest BCUT2D eigenvalue weighted by Gasteiger charge is 2.23. The fourth-order valence-corrected chi connectivity index (χ4v) is 0.920. The van der Waals surface area contributed by atoms with Crippen LogP contribution >= 0.6 is 0 Å². The zero-order chi connectivity index (χ0) is 12.1. The molecule has 15 heavy (non-hydrogen) atoms. The van der Waals surface area contributed by atoms with Crippen LogP contribution in [0.25, 0.3) is 0 Å². The van der Waals surface area contributed by atoms with Crippen molar-refractivity contribution >= 4 is 12.1 Å². The first-order valence-corrected chi connectivity index (χ1v) is 4.87. The Bertz CT molecular complexity index is 232. The summed E-state index contributed by atoms with van der Waals surface area (Å²) in [6, 6.07) is -0.648. The molecule has 0 aliphatic carbocycles. The second-order valence-electron chi connectivity index (χ2n) is 4.13. The standard InChI is InChI=1S/C10H19NO4/c1-6-7(8(12)14-5)11-9(13)15-10(2,3)4/h7H,6H2,1-5H3,(H,11,13). The van der Waals surface area contributed by atoms with E-state index in [1.807, 2.05) is 0 Å². The first-order valence-electron chi connectivity index (χ1n) is 4.87. The molecule has 5 heteroatoms. The maximum atomic E-state index is 11.3. The Kier molecular flexibility index (Phi) is 5.11. The van der Waals surface area contributed by atoms with Crippen LogP contribution in [0.1, 0.15) is 34.1 Å². The largest absolute Gasteiger partial charge is 0.467 e. The maximum Gasteiger partial charge on any atom is 0.408 e. The summed E-state index contributed by atoms with van der Waals surface area (Å²) in [4.78, 5) is 22.5. The Morgan fingerprint density at radius 2 is 1.87 bits per heavy atom. The zero-order valence-corrected chi connectivity index (χ0v) is 9.92. The molecule has 0 aromatic heterocycles. The van der Waals surface area contributed by atoms with Crippen molar-refractivity contribution in [2.45, 2.75) is 45.8 Å². The van der Waals surface area contributed by atoms with Crippen molar-refractivity contribution in [2.24, 2.45) is 0 Å². The SMILES string of the molecule is CCC(NC(=O)OC(C)(C)C)C(=O)OC. The molecule has 1 atom stereocenters. The minimum atomic E-state index is -0.648. The molecule has 0 rings (SSSR count). The van der Waals surface area contributed by atoms with Gasteiger partial charge >= 0.3 is 12.1 Å². The lowest BCUT2D eigenvalue weighted by atomic mass is 10.2. The summed E-state index contributed by atoms with van der Waals surface area (Å²) in [6.45, 7) is 7.04. The Balaban J connectivity index is 4.20. The topological polar surface area (TPSA) is 64.6 Å². The van der Waals surface area contributed by atoms with E-state index in [-0.39, 0.29) is 0 Å². The third kappa shape index (κ3) is 5.93. The molecule has 0 bridgehead atoms. The Labute approximate surface area is 90.1 Å². The molecular weight excluding hydrogens is 198 g/mol. The number of amides is 1. The van der Waals surface area contributed by atoms with E-state index in [1.54, 1.807) is 27.7 Å². The van der Waals surface area contributed by atoms with Crippen LogP contribution in [0.2, 0.25) is 0 Å². The van der Waals surface area contributed by atoms with Gasteiger partial charge in [-0.2, -0.15) is 0 Å². The maximum absolute atomic E-state index is 11.3. The van der Waals surface area contributed by atoms with Gasteiger partial charge in [0.25, 0.3) is 0 Å². The normalized spacial score (nSPS) is 12.9. The first-order chi connectivity index (χ1) is 6.80. The number of rotatable bonds is 3. The Hall–Kier alpha value is -1.26. The smallest absolute Gasteiger partial charge is 0.408 e. The third-order valence-corrected chi connectivity index (χ3v) is 1.58. The fraction of sp³-hybridized carbons (Fsp3) is 0.800. The summed E-state index contributed by atoms with van der Waals surface area (Å²) < 4.78 is 9.53. The number of ether oxygens (including phenoxy) is 2. The molecule has 0 aromatic rings. The van der Waals surface area contributed by atoms with E-state index in [4.69, 9.17) is 4.74 Å². The summed E-state index contributed by atoms with van der Waals surface area (Å²) >= 11 is 0. The van der Waals surface area contributed by atoms with Gasteiger partial charge in [-0.1, -0.05) is 6.92 Å². The number of nitrogens with one attached hydrogen (secondary N) is 1. The van der Waals surface area contributed by atoms with E-state index >= 15 is 0 Å². The van der Waals surface area contributed by atoms with E-state index in [0.29, 0.717) is 6.42 Å². The number of carbonyl (C=O) groups is 2. The molecule has 0 aromatic carbocycles. The fourth-order valence-electron chi connectivity index (χ4n) is 0.920. The lowest BCUT2D eigenvalue weighted by Crippen LogP contribution is -2.43. The van der Waals surface area contributed by atoms with Gasteiger partial charge in [-0.3, -0.25) is 0 Å². The van der Waals surface area contributed by atoms with Crippen LogP contribution in [-0.4, -0.2) is 30.8 Å². The monoisotopic (exact) mass is 217 g/mol. The minimum absolute atomic E-state index is 0.464. The van der Waals surface area contributed by atoms with Gasteiger partial charge in [0, 0.05) is 0 Å². The highest BCUT2D eigenvalue weighted by molar-refractivity contribution is 5.81. The van der Waals surface area contributed by atoms with Crippen LogP contribution in [0, 0.1) is 0 Å².